The molecule has 0 aromatic carbocycles. The van der Waals surface area contributed by atoms with E-state index in [1.165, 1.54) is 0 Å². The Morgan fingerprint density at radius 3 is 2.59 bits per heavy atom. The van der Waals surface area contributed by atoms with Crippen LogP contribution in [0.4, 0.5) is 0 Å². The molecule has 1 N–H and O–H groups in total. The van der Waals surface area contributed by atoms with E-state index in [4.69, 9.17) is 4.74 Å². The van der Waals surface area contributed by atoms with Crippen molar-refractivity contribution in [1.82, 2.24) is 9.78 Å². The van der Waals surface area contributed by atoms with Crippen molar-refractivity contribution in [2.24, 2.45) is 7.05 Å². The number of ether oxygens (including phenoxy) is 1. The summed E-state index contributed by atoms with van der Waals surface area (Å²) in [5, 5.41) is 14.6. The van der Waals surface area contributed by atoms with Crippen LogP contribution in [-0.4, -0.2) is 33.7 Å². The van der Waals surface area contributed by atoms with E-state index in [9.17, 15) is 5.11 Å². The summed E-state index contributed by atoms with van der Waals surface area (Å²) in [6.45, 7) is 6.04. The molecule has 1 aromatic heterocycles. The number of aryl methyl sites for hydroxylation is 2. The second-order valence-corrected chi connectivity index (χ2v) is 4.69. The minimum absolute atomic E-state index is 0.489. The lowest BCUT2D eigenvalue weighted by Gasteiger charge is -2.32. The van der Waals surface area contributed by atoms with Gasteiger partial charge in [0.2, 0.25) is 0 Å². The van der Waals surface area contributed by atoms with E-state index in [-0.39, 0.29) is 0 Å². The molecule has 1 rings (SSSR count). The average molecular weight is 240 g/mol. The number of aliphatic hydroxyl groups is 1. The summed E-state index contributed by atoms with van der Waals surface area (Å²) in [6.07, 6.45) is 1.75. The molecule has 0 bridgehead atoms. The van der Waals surface area contributed by atoms with Gasteiger partial charge in [-0.1, -0.05) is 13.8 Å². The Hall–Kier alpha value is -0.870. The average Bonchev–Trinajstić information content (AvgIpc) is 2.69. The van der Waals surface area contributed by atoms with Crippen molar-refractivity contribution in [3.8, 4) is 0 Å². The molecule has 1 heterocycles. The van der Waals surface area contributed by atoms with Crippen molar-refractivity contribution < 1.29 is 9.84 Å². The summed E-state index contributed by atoms with van der Waals surface area (Å²) in [4.78, 5) is 0. The Morgan fingerprint density at radius 2 is 2.18 bits per heavy atom. The maximum atomic E-state index is 10.3. The Labute approximate surface area is 104 Å². The van der Waals surface area contributed by atoms with Gasteiger partial charge in [0.15, 0.2) is 0 Å². The van der Waals surface area contributed by atoms with Crippen LogP contribution >= 0.6 is 0 Å². The predicted octanol–water partition coefficient (Wildman–Crippen LogP) is 1.70. The first kappa shape index (κ1) is 14.2. The highest BCUT2D eigenvalue weighted by molar-refractivity contribution is 5.12. The summed E-state index contributed by atoms with van der Waals surface area (Å²) >= 11 is 0. The molecule has 0 fully saturated rings. The molecule has 98 valence electrons. The predicted molar refractivity (Wildman–Crippen MR) is 68.0 cm³/mol. The second-order valence-electron chi connectivity index (χ2n) is 4.69. The van der Waals surface area contributed by atoms with Gasteiger partial charge in [-0.25, -0.2) is 0 Å². The van der Waals surface area contributed by atoms with Gasteiger partial charge >= 0.3 is 0 Å². The molecule has 0 amide bonds. The van der Waals surface area contributed by atoms with Gasteiger partial charge in [0.25, 0.3) is 0 Å². The SMILES string of the molecule is CCc1cc(CC(O)C(C)(CC)OC)n(C)n1. The van der Waals surface area contributed by atoms with E-state index >= 15 is 0 Å². The third kappa shape index (κ3) is 3.07. The lowest BCUT2D eigenvalue weighted by molar-refractivity contribution is -0.0919. The largest absolute Gasteiger partial charge is 0.390 e. The molecular weight excluding hydrogens is 216 g/mol. The van der Waals surface area contributed by atoms with E-state index in [0.717, 1.165) is 24.2 Å². The van der Waals surface area contributed by atoms with Crippen molar-refractivity contribution >= 4 is 0 Å². The van der Waals surface area contributed by atoms with Crippen LogP contribution in [-0.2, 0) is 24.6 Å². The number of hydrogen-bond acceptors (Lipinski definition) is 3. The first-order chi connectivity index (χ1) is 7.96. The Morgan fingerprint density at radius 1 is 1.53 bits per heavy atom. The van der Waals surface area contributed by atoms with Crippen LogP contribution in [0, 0.1) is 0 Å². The van der Waals surface area contributed by atoms with E-state index < -0.39 is 11.7 Å². The second kappa shape index (κ2) is 5.65. The molecule has 0 aliphatic rings. The van der Waals surface area contributed by atoms with Gasteiger partial charge in [-0.05, 0) is 25.8 Å². The normalized spacial score (nSPS) is 16.8. The summed E-state index contributed by atoms with van der Waals surface area (Å²) in [6, 6.07) is 2.05. The first-order valence-corrected chi connectivity index (χ1v) is 6.21. The van der Waals surface area contributed by atoms with Crippen molar-refractivity contribution in [3.63, 3.8) is 0 Å². The minimum atomic E-state index is -0.516. The summed E-state index contributed by atoms with van der Waals surface area (Å²) in [7, 11) is 3.56. The third-order valence-corrected chi connectivity index (χ3v) is 3.67. The van der Waals surface area contributed by atoms with E-state index in [2.05, 4.69) is 18.1 Å². The first-order valence-electron chi connectivity index (χ1n) is 6.21. The van der Waals surface area contributed by atoms with Gasteiger partial charge < -0.3 is 9.84 Å². The van der Waals surface area contributed by atoms with Gasteiger partial charge in [-0.3, -0.25) is 4.68 Å². The van der Waals surface area contributed by atoms with Crippen LogP contribution in [0.3, 0.4) is 0 Å². The van der Waals surface area contributed by atoms with Crippen LogP contribution in [0.2, 0.25) is 0 Å². The molecule has 0 spiro atoms. The summed E-state index contributed by atoms with van der Waals surface area (Å²) < 4.78 is 7.26. The quantitative estimate of drug-likeness (QED) is 0.823. The van der Waals surface area contributed by atoms with Crippen LogP contribution in [0.25, 0.3) is 0 Å². The Balaban J connectivity index is 2.79. The molecule has 1 aromatic rings. The number of nitrogens with zero attached hydrogens (tertiary/aromatic N) is 2. The molecule has 2 unspecified atom stereocenters. The van der Waals surface area contributed by atoms with Gasteiger partial charge in [0.1, 0.15) is 0 Å². The summed E-state index contributed by atoms with van der Waals surface area (Å²) in [5.74, 6) is 0. The molecule has 0 radical (unpaired) electrons. The number of rotatable bonds is 6. The number of aromatic nitrogens is 2. The molecule has 0 saturated carbocycles. The standard InChI is InChI=1S/C13H24N2O2/c1-6-10-8-11(15(4)14-10)9-12(16)13(3,7-2)17-5/h8,12,16H,6-7,9H2,1-5H3. The highest BCUT2D eigenvalue weighted by Crippen LogP contribution is 2.22. The van der Waals surface area contributed by atoms with Crippen LogP contribution < -0.4 is 0 Å². The minimum Gasteiger partial charge on any atom is -0.390 e. The molecule has 17 heavy (non-hydrogen) atoms. The number of methoxy groups -OCH3 is 1. The highest BCUT2D eigenvalue weighted by Gasteiger charge is 2.31. The fourth-order valence-electron chi connectivity index (χ4n) is 1.87. The zero-order valence-electron chi connectivity index (χ0n) is 11.5. The van der Waals surface area contributed by atoms with Crippen molar-refractivity contribution in [2.45, 2.75) is 51.7 Å². The fourth-order valence-corrected chi connectivity index (χ4v) is 1.87. The lowest BCUT2D eigenvalue weighted by Crippen LogP contribution is -2.42. The monoisotopic (exact) mass is 240 g/mol. The zero-order chi connectivity index (χ0) is 13.1. The van der Waals surface area contributed by atoms with E-state index in [1.54, 1.807) is 7.11 Å². The van der Waals surface area contributed by atoms with Gasteiger partial charge in [-0.2, -0.15) is 5.10 Å². The molecule has 0 aliphatic carbocycles. The van der Waals surface area contributed by atoms with Gasteiger partial charge in [0.05, 0.1) is 17.4 Å². The topological polar surface area (TPSA) is 47.3 Å². The Bertz CT molecular complexity index is 356. The highest BCUT2D eigenvalue weighted by atomic mass is 16.5. The smallest absolute Gasteiger partial charge is 0.0909 e. The van der Waals surface area contributed by atoms with Crippen LogP contribution in [0.15, 0.2) is 6.07 Å². The maximum Gasteiger partial charge on any atom is 0.0909 e. The van der Waals surface area contributed by atoms with Crippen molar-refractivity contribution in [1.29, 1.82) is 0 Å². The molecule has 0 aliphatic heterocycles. The van der Waals surface area contributed by atoms with E-state index in [0.29, 0.717) is 6.42 Å². The van der Waals surface area contributed by atoms with Crippen molar-refractivity contribution in [3.05, 3.63) is 17.5 Å². The van der Waals surface area contributed by atoms with Crippen LogP contribution in [0.5, 0.6) is 0 Å². The third-order valence-electron chi connectivity index (χ3n) is 3.67. The summed E-state index contributed by atoms with van der Waals surface area (Å²) in [5.41, 5.74) is 1.62. The molecule has 4 nitrogen and oxygen atoms in total. The van der Waals surface area contributed by atoms with E-state index in [1.807, 2.05) is 25.6 Å². The number of hydrogen-bond donors (Lipinski definition) is 1. The number of aliphatic hydroxyl groups excluding tert-OH is 1. The van der Waals surface area contributed by atoms with Gasteiger partial charge in [0, 0.05) is 26.3 Å². The zero-order valence-corrected chi connectivity index (χ0v) is 11.5. The lowest BCUT2D eigenvalue weighted by atomic mass is 9.92. The molecular formula is C13H24N2O2. The van der Waals surface area contributed by atoms with Gasteiger partial charge in [-0.15, -0.1) is 0 Å². The molecule has 0 saturated heterocycles. The fraction of sp³-hybridized carbons (Fsp3) is 0.769. The molecule has 2 atom stereocenters. The maximum absolute atomic E-state index is 10.3. The van der Waals surface area contributed by atoms with Crippen LogP contribution in [0.1, 0.15) is 38.6 Å². The van der Waals surface area contributed by atoms with Crippen molar-refractivity contribution in [2.75, 3.05) is 7.11 Å². The Kier molecular flexibility index (Phi) is 4.71. The molecule has 4 heteroatoms.